The number of hydrogen-bond acceptors (Lipinski definition) is 3. The van der Waals surface area contributed by atoms with Gasteiger partial charge in [0.2, 0.25) is 0 Å². The fourth-order valence-corrected chi connectivity index (χ4v) is 1.54. The average Bonchev–Trinajstić information content (AvgIpc) is 2.19. The predicted molar refractivity (Wildman–Crippen MR) is 58.9 cm³/mol. The monoisotopic (exact) mass is 210 g/mol. The van der Waals surface area contributed by atoms with Crippen LogP contribution in [0.5, 0.6) is 0 Å². The lowest BCUT2D eigenvalue weighted by Gasteiger charge is -2.12. The third-order valence-electron chi connectivity index (χ3n) is 2.28. The van der Waals surface area contributed by atoms with Gasteiger partial charge in [-0.1, -0.05) is 20.3 Å². The molecule has 0 aliphatic rings. The molecule has 4 heteroatoms. The van der Waals surface area contributed by atoms with Crippen LogP contribution in [0.4, 0.5) is 0 Å². The molecule has 1 atom stereocenters. The highest BCUT2D eigenvalue weighted by Gasteiger charge is 2.11. The Hall–Kier alpha value is -1.16. The van der Waals surface area contributed by atoms with Gasteiger partial charge in [0, 0.05) is 18.9 Å². The minimum atomic E-state index is -0.116. The van der Waals surface area contributed by atoms with Crippen LogP contribution in [0.25, 0.3) is 0 Å². The maximum absolute atomic E-state index is 11.4. The Balaban J connectivity index is 3.02. The van der Waals surface area contributed by atoms with Gasteiger partial charge in [-0.25, -0.2) is 4.98 Å². The molecule has 1 heterocycles. The lowest BCUT2D eigenvalue weighted by atomic mass is 10.2. The fourth-order valence-electron chi connectivity index (χ4n) is 1.54. The van der Waals surface area contributed by atoms with E-state index < -0.39 is 0 Å². The molecule has 0 aliphatic heterocycles. The predicted octanol–water partition coefficient (Wildman–Crippen LogP) is 1.82. The maximum Gasteiger partial charge on any atom is 0.251 e. The summed E-state index contributed by atoms with van der Waals surface area (Å²) in [5, 5.41) is 0. The quantitative estimate of drug-likeness (QED) is 0.806. The van der Waals surface area contributed by atoms with Crippen LogP contribution in [0.15, 0.2) is 10.9 Å². The molecule has 0 fully saturated rings. The molecule has 0 saturated heterocycles. The molecular weight excluding hydrogens is 192 g/mol. The van der Waals surface area contributed by atoms with Crippen molar-refractivity contribution in [2.24, 2.45) is 0 Å². The Kier molecular flexibility index (Phi) is 4.49. The zero-order valence-electron chi connectivity index (χ0n) is 9.54. The molecule has 4 nitrogen and oxygen atoms in total. The van der Waals surface area contributed by atoms with Crippen LogP contribution in [0.3, 0.4) is 0 Å². The molecule has 1 unspecified atom stereocenters. The zero-order chi connectivity index (χ0) is 11.3. The normalized spacial score (nSPS) is 12.7. The standard InChI is InChI=1S/C11H18N2O2/c1-4-6-8-7-10(14)13-11(12-8)9(5-2)15-3/h7,9H,4-6H2,1-3H3,(H,12,13,14). The highest BCUT2D eigenvalue weighted by Crippen LogP contribution is 2.14. The largest absolute Gasteiger partial charge is 0.374 e. The van der Waals surface area contributed by atoms with Crippen molar-refractivity contribution in [1.82, 2.24) is 9.97 Å². The number of hydrogen-bond donors (Lipinski definition) is 1. The summed E-state index contributed by atoms with van der Waals surface area (Å²) in [6, 6.07) is 1.55. The second kappa shape index (κ2) is 5.66. The molecule has 15 heavy (non-hydrogen) atoms. The molecule has 0 radical (unpaired) electrons. The van der Waals surface area contributed by atoms with Crippen LogP contribution in [-0.4, -0.2) is 17.1 Å². The summed E-state index contributed by atoms with van der Waals surface area (Å²) in [6.45, 7) is 4.07. The smallest absolute Gasteiger partial charge is 0.251 e. The van der Waals surface area contributed by atoms with Gasteiger partial charge in [0.05, 0.1) is 0 Å². The van der Waals surface area contributed by atoms with E-state index in [1.165, 1.54) is 0 Å². The molecule has 0 aromatic carbocycles. The van der Waals surface area contributed by atoms with Gasteiger partial charge >= 0.3 is 0 Å². The summed E-state index contributed by atoms with van der Waals surface area (Å²) in [4.78, 5) is 18.5. The Labute approximate surface area is 89.7 Å². The molecule has 0 saturated carbocycles. The summed E-state index contributed by atoms with van der Waals surface area (Å²) in [5.74, 6) is 0.635. The number of H-pyrrole nitrogens is 1. The first-order valence-electron chi connectivity index (χ1n) is 5.34. The van der Waals surface area contributed by atoms with Crippen LogP contribution >= 0.6 is 0 Å². The zero-order valence-corrected chi connectivity index (χ0v) is 9.54. The second-order valence-electron chi connectivity index (χ2n) is 3.50. The molecular formula is C11H18N2O2. The van der Waals surface area contributed by atoms with E-state index in [4.69, 9.17) is 4.74 Å². The van der Waals surface area contributed by atoms with E-state index in [0.29, 0.717) is 5.82 Å². The van der Waals surface area contributed by atoms with Crippen molar-refractivity contribution in [3.05, 3.63) is 27.9 Å². The van der Waals surface area contributed by atoms with Gasteiger partial charge in [-0.2, -0.15) is 0 Å². The SMILES string of the molecule is CCCc1cc(=O)[nH]c(C(CC)OC)n1. The van der Waals surface area contributed by atoms with E-state index in [1.54, 1.807) is 13.2 Å². The number of aryl methyl sites for hydroxylation is 1. The van der Waals surface area contributed by atoms with Crippen molar-refractivity contribution >= 4 is 0 Å². The molecule has 1 N–H and O–H groups in total. The van der Waals surface area contributed by atoms with Crippen molar-refractivity contribution in [3.63, 3.8) is 0 Å². The first kappa shape index (κ1) is 11.9. The van der Waals surface area contributed by atoms with Crippen LogP contribution in [0.1, 0.15) is 44.3 Å². The number of ether oxygens (including phenoxy) is 1. The number of aromatic nitrogens is 2. The highest BCUT2D eigenvalue weighted by atomic mass is 16.5. The lowest BCUT2D eigenvalue weighted by molar-refractivity contribution is 0.0921. The molecule has 0 bridgehead atoms. The van der Waals surface area contributed by atoms with E-state index in [2.05, 4.69) is 16.9 Å². The van der Waals surface area contributed by atoms with E-state index in [0.717, 1.165) is 25.0 Å². The van der Waals surface area contributed by atoms with Gasteiger partial charge in [0.15, 0.2) is 0 Å². The molecule has 1 rings (SSSR count). The van der Waals surface area contributed by atoms with Crippen LogP contribution in [0.2, 0.25) is 0 Å². The summed E-state index contributed by atoms with van der Waals surface area (Å²) in [5.41, 5.74) is 0.741. The summed E-state index contributed by atoms with van der Waals surface area (Å²) in [6.07, 6.45) is 2.50. The van der Waals surface area contributed by atoms with E-state index in [1.807, 2.05) is 6.92 Å². The van der Waals surface area contributed by atoms with Crippen molar-refractivity contribution in [1.29, 1.82) is 0 Å². The van der Waals surface area contributed by atoms with Gasteiger partial charge in [0.1, 0.15) is 11.9 Å². The summed E-state index contributed by atoms with van der Waals surface area (Å²) in [7, 11) is 1.63. The third kappa shape index (κ3) is 3.16. The Bertz CT molecular complexity index is 356. The third-order valence-corrected chi connectivity index (χ3v) is 2.28. The summed E-state index contributed by atoms with van der Waals surface area (Å²) < 4.78 is 5.24. The van der Waals surface area contributed by atoms with Crippen LogP contribution in [-0.2, 0) is 11.2 Å². The molecule has 84 valence electrons. The average molecular weight is 210 g/mol. The number of rotatable bonds is 5. The van der Waals surface area contributed by atoms with Crippen molar-refractivity contribution < 1.29 is 4.74 Å². The van der Waals surface area contributed by atoms with Gasteiger partial charge in [-0.05, 0) is 12.8 Å². The van der Waals surface area contributed by atoms with Crippen molar-refractivity contribution in [3.8, 4) is 0 Å². The Morgan fingerprint density at radius 1 is 1.53 bits per heavy atom. The van der Waals surface area contributed by atoms with Gasteiger partial charge in [0.25, 0.3) is 5.56 Å². The molecule has 0 spiro atoms. The van der Waals surface area contributed by atoms with Gasteiger partial charge in [-0.15, -0.1) is 0 Å². The van der Waals surface area contributed by atoms with E-state index in [9.17, 15) is 4.79 Å². The topological polar surface area (TPSA) is 55.0 Å². The molecule has 0 aliphatic carbocycles. The number of methoxy groups -OCH3 is 1. The van der Waals surface area contributed by atoms with Crippen molar-refractivity contribution in [2.45, 2.75) is 39.2 Å². The molecule has 1 aromatic rings. The first-order valence-corrected chi connectivity index (χ1v) is 5.34. The highest BCUT2D eigenvalue weighted by molar-refractivity contribution is 5.04. The van der Waals surface area contributed by atoms with Crippen LogP contribution < -0.4 is 5.56 Å². The van der Waals surface area contributed by atoms with Gasteiger partial charge < -0.3 is 9.72 Å². The van der Waals surface area contributed by atoms with Gasteiger partial charge in [-0.3, -0.25) is 4.79 Å². The molecule has 1 aromatic heterocycles. The minimum absolute atomic E-state index is 0.0982. The molecule has 0 amide bonds. The Morgan fingerprint density at radius 3 is 2.80 bits per heavy atom. The first-order chi connectivity index (χ1) is 7.21. The number of nitrogens with zero attached hydrogens (tertiary/aromatic N) is 1. The van der Waals surface area contributed by atoms with E-state index in [-0.39, 0.29) is 11.7 Å². The Morgan fingerprint density at radius 2 is 2.27 bits per heavy atom. The lowest BCUT2D eigenvalue weighted by Crippen LogP contribution is -2.16. The summed E-state index contributed by atoms with van der Waals surface area (Å²) >= 11 is 0. The minimum Gasteiger partial charge on any atom is -0.374 e. The van der Waals surface area contributed by atoms with Crippen LogP contribution in [0, 0.1) is 0 Å². The van der Waals surface area contributed by atoms with Crippen molar-refractivity contribution in [2.75, 3.05) is 7.11 Å². The second-order valence-corrected chi connectivity index (χ2v) is 3.50. The number of aromatic amines is 1. The maximum atomic E-state index is 11.4. The number of nitrogens with one attached hydrogen (secondary N) is 1. The fraction of sp³-hybridized carbons (Fsp3) is 0.636. The van der Waals surface area contributed by atoms with E-state index >= 15 is 0 Å².